The Balaban J connectivity index is 1.78. The molecule has 0 radical (unpaired) electrons. The first-order valence-corrected chi connectivity index (χ1v) is 12.4. The molecule has 9 heteroatoms. The van der Waals surface area contributed by atoms with Crippen LogP contribution in [0.5, 0.6) is 0 Å². The third kappa shape index (κ3) is 4.26. The van der Waals surface area contributed by atoms with E-state index in [-0.39, 0.29) is 17.1 Å². The monoisotopic (exact) mass is 488 g/mol. The van der Waals surface area contributed by atoms with Crippen LogP contribution in [0.4, 0.5) is 5.69 Å². The average Bonchev–Trinajstić information content (AvgIpc) is 3.38. The van der Waals surface area contributed by atoms with E-state index in [2.05, 4.69) is 0 Å². The predicted molar refractivity (Wildman–Crippen MR) is 130 cm³/mol. The van der Waals surface area contributed by atoms with Crippen molar-refractivity contribution in [2.45, 2.75) is 17.1 Å². The first-order valence-electron chi connectivity index (χ1n) is 9.81. The van der Waals surface area contributed by atoms with Crippen molar-refractivity contribution in [1.29, 1.82) is 0 Å². The lowest BCUT2D eigenvalue weighted by Crippen LogP contribution is -2.10. The standard InChI is InChI=1S/C23H21ClN2O4S2/c1-25(2)18-5-3-4-15(12-18)21-9-11-23(31-21)32(29,30)26-14-16(6-10-22(27)28)19-13-17(24)7-8-20(19)26/h3-5,7-9,11-14H,6,10H2,1-2H3,(H,27,28). The summed E-state index contributed by atoms with van der Waals surface area (Å²) in [4.78, 5) is 13.9. The average molecular weight is 489 g/mol. The number of carboxylic acid groups (broad SMARTS) is 1. The number of carboxylic acids is 1. The molecule has 0 saturated heterocycles. The van der Waals surface area contributed by atoms with Gasteiger partial charge in [0.05, 0.1) is 5.52 Å². The van der Waals surface area contributed by atoms with Crippen molar-refractivity contribution in [2.24, 2.45) is 0 Å². The molecule has 32 heavy (non-hydrogen) atoms. The van der Waals surface area contributed by atoms with Crippen molar-refractivity contribution in [1.82, 2.24) is 3.97 Å². The van der Waals surface area contributed by atoms with Crippen molar-refractivity contribution in [3.63, 3.8) is 0 Å². The minimum Gasteiger partial charge on any atom is -0.481 e. The van der Waals surface area contributed by atoms with E-state index in [0.717, 1.165) is 16.1 Å². The summed E-state index contributed by atoms with van der Waals surface area (Å²) in [6.45, 7) is 0. The molecule has 0 unspecified atom stereocenters. The van der Waals surface area contributed by atoms with Gasteiger partial charge in [0.15, 0.2) is 0 Å². The van der Waals surface area contributed by atoms with Crippen LogP contribution in [0.2, 0.25) is 5.02 Å². The maximum atomic E-state index is 13.5. The normalized spacial score (nSPS) is 11.7. The summed E-state index contributed by atoms with van der Waals surface area (Å²) in [5.74, 6) is -0.946. The molecule has 0 aliphatic heterocycles. The summed E-state index contributed by atoms with van der Waals surface area (Å²) in [6.07, 6.45) is 1.62. The Morgan fingerprint density at radius 3 is 2.62 bits per heavy atom. The number of halogens is 1. The first kappa shape index (κ1) is 22.4. The SMILES string of the molecule is CN(C)c1cccc(-c2ccc(S(=O)(=O)n3cc(CCC(=O)O)c4cc(Cl)ccc43)s2)c1. The van der Waals surface area contributed by atoms with Crippen molar-refractivity contribution in [2.75, 3.05) is 19.0 Å². The molecule has 2 heterocycles. The van der Waals surface area contributed by atoms with Crippen LogP contribution >= 0.6 is 22.9 Å². The van der Waals surface area contributed by atoms with Gasteiger partial charge >= 0.3 is 5.97 Å². The van der Waals surface area contributed by atoms with Crippen molar-refractivity contribution >= 4 is 55.5 Å². The van der Waals surface area contributed by atoms with E-state index in [1.165, 1.54) is 21.5 Å². The summed E-state index contributed by atoms with van der Waals surface area (Å²) >= 11 is 7.32. The van der Waals surface area contributed by atoms with Gasteiger partial charge in [-0.1, -0.05) is 23.7 Å². The number of thiophene rings is 1. The van der Waals surface area contributed by atoms with E-state index in [9.17, 15) is 13.2 Å². The van der Waals surface area contributed by atoms with Crippen LogP contribution in [0, 0.1) is 0 Å². The van der Waals surface area contributed by atoms with E-state index >= 15 is 0 Å². The molecule has 4 aromatic rings. The van der Waals surface area contributed by atoms with E-state index in [1.807, 2.05) is 43.3 Å². The highest BCUT2D eigenvalue weighted by Crippen LogP contribution is 2.35. The molecule has 0 bridgehead atoms. The van der Waals surface area contributed by atoms with Gasteiger partial charge < -0.3 is 10.0 Å². The van der Waals surface area contributed by atoms with Gasteiger partial charge in [-0.15, -0.1) is 11.3 Å². The zero-order valence-corrected chi connectivity index (χ0v) is 19.8. The Morgan fingerprint density at radius 2 is 1.91 bits per heavy atom. The Morgan fingerprint density at radius 1 is 1.12 bits per heavy atom. The van der Waals surface area contributed by atoms with Crippen LogP contribution in [-0.2, 0) is 21.2 Å². The van der Waals surface area contributed by atoms with Crippen molar-refractivity contribution in [3.8, 4) is 10.4 Å². The zero-order chi connectivity index (χ0) is 23.0. The molecule has 6 nitrogen and oxygen atoms in total. The highest BCUT2D eigenvalue weighted by atomic mass is 35.5. The molecule has 0 saturated carbocycles. The number of rotatable bonds is 7. The molecule has 0 atom stereocenters. The molecule has 0 aliphatic carbocycles. The highest BCUT2D eigenvalue weighted by molar-refractivity contribution is 7.92. The van der Waals surface area contributed by atoms with Gasteiger partial charge in [0.1, 0.15) is 4.21 Å². The largest absolute Gasteiger partial charge is 0.481 e. The fraction of sp³-hybridized carbons (Fsp3) is 0.174. The van der Waals surface area contributed by atoms with Gasteiger partial charge in [0, 0.05) is 47.7 Å². The summed E-state index contributed by atoms with van der Waals surface area (Å²) < 4.78 is 28.5. The number of benzene rings is 2. The lowest BCUT2D eigenvalue weighted by atomic mass is 10.1. The van der Waals surface area contributed by atoms with Gasteiger partial charge in [-0.3, -0.25) is 4.79 Å². The van der Waals surface area contributed by atoms with Gasteiger partial charge in [0.25, 0.3) is 10.0 Å². The number of aliphatic carboxylic acids is 1. The van der Waals surface area contributed by atoms with E-state index < -0.39 is 16.0 Å². The number of hydrogen-bond acceptors (Lipinski definition) is 5. The summed E-state index contributed by atoms with van der Waals surface area (Å²) in [6, 6.07) is 16.3. The third-order valence-electron chi connectivity index (χ3n) is 5.16. The Kier molecular flexibility index (Phi) is 6.03. The number of aryl methyl sites for hydroxylation is 1. The molecule has 0 amide bonds. The molecule has 0 fully saturated rings. The second kappa shape index (κ2) is 8.61. The van der Waals surface area contributed by atoms with Gasteiger partial charge in [-0.25, -0.2) is 3.97 Å². The number of aromatic nitrogens is 1. The number of fused-ring (bicyclic) bond motifs is 1. The van der Waals surface area contributed by atoms with Crippen molar-refractivity contribution < 1.29 is 18.3 Å². The fourth-order valence-electron chi connectivity index (χ4n) is 3.53. The fourth-order valence-corrected chi connectivity index (χ4v) is 6.48. The minimum absolute atomic E-state index is 0.100. The summed E-state index contributed by atoms with van der Waals surface area (Å²) in [5, 5.41) is 10.2. The molecule has 0 spiro atoms. The number of hydrogen-bond donors (Lipinski definition) is 1. The maximum absolute atomic E-state index is 13.5. The molecule has 2 aromatic carbocycles. The molecular formula is C23H21ClN2O4S2. The lowest BCUT2D eigenvalue weighted by Gasteiger charge is -2.13. The Bertz CT molecular complexity index is 1420. The van der Waals surface area contributed by atoms with Crippen LogP contribution in [0.1, 0.15) is 12.0 Å². The second-order valence-corrected chi connectivity index (χ2v) is 11.1. The van der Waals surface area contributed by atoms with Crippen LogP contribution in [-0.4, -0.2) is 37.6 Å². The van der Waals surface area contributed by atoms with Crippen molar-refractivity contribution in [3.05, 3.63) is 71.4 Å². The number of anilines is 1. The van der Waals surface area contributed by atoms with Crippen LogP contribution in [0.15, 0.2) is 65.0 Å². The first-order chi connectivity index (χ1) is 15.2. The van der Waals surface area contributed by atoms with Gasteiger partial charge in [-0.05, 0) is 60.0 Å². The second-order valence-electron chi connectivity index (χ2n) is 7.57. The number of carbonyl (C=O) groups is 1. The Hall–Kier alpha value is -2.81. The third-order valence-corrected chi connectivity index (χ3v) is 8.68. The van der Waals surface area contributed by atoms with E-state index in [4.69, 9.17) is 16.7 Å². The highest BCUT2D eigenvalue weighted by Gasteiger charge is 2.24. The lowest BCUT2D eigenvalue weighted by molar-refractivity contribution is -0.136. The quantitative estimate of drug-likeness (QED) is 0.379. The summed E-state index contributed by atoms with van der Waals surface area (Å²) in [5.41, 5.74) is 3.06. The molecule has 2 aromatic heterocycles. The molecule has 1 N–H and O–H groups in total. The number of nitrogens with zero attached hydrogens (tertiary/aromatic N) is 2. The van der Waals surface area contributed by atoms with Crippen LogP contribution < -0.4 is 4.90 Å². The van der Waals surface area contributed by atoms with Gasteiger partial charge in [0.2, 0.25) is 0 Å². The smallest absolute Gasteiger partial charge is 0.303 e. The minimum atomic E-state index is -3.88. The van der Waals surface area contributed by atoms with E-state index in [0.29, 0.717) is 21.5 Å². The topological polar surface area (TPSA) is 79.6 Å². The predicted octanol–water partition coefficient (Wildman–Crippen LogP) is 5.34. The maximum Gasteiger partial charge on any atom is 0.303 e. The molecule has 0 aliphatic rings. The molecular weight excluding hydrogens is 468 g/mol. The summed E-state index contributed by atoms with van der Waals surface area (Å²) in [7, 11) is 0.0308. The van der Waals surface area contributed by atoms with Gasteiger partial charge in [-0.2, -0.15) is 8.42 Å². The van der Waals surface area contributed by atoms with Crippen LogP contribution in [0.25, 0.3) is 21.3 Å². The zero-order valence-electron chi connectivity index (χ0n) is 17.4. The van der Waals surface area contributed by atoms with E-state index in [1.54, 1.807) is 30.3 Å². The van der Waals surface area contributed by atoms with Crippen LogP contribution in [0.3, 0.4) is 0 Å². The Labute approximate surface area is 195 Å². The molecule has 4 rings (SSSR count). The molecule has 166 valence electrons.